The molecule has 0 aromatic heterocycles. The number of rotatable bonds is 4. The Morgan fingerprint density at radius 3 is 2.71 bits per heavy atom. The van der Waals surface area contributed by atoms with E-state index in [0.717, 1.165) is 43.7 Å². The van der Waals surface area contributed by atoms with Crippen molar-refractivity contribution in [1.29, 1.82) is 0 Å². The summed E-state index contributed by atoms with van der Waals surface area (Å²) in [6.07, 6.45) is 3.30. The van der Waals surface area contributed by atoms with Crippen LogP contribution in [0.5, 0.6) is 0 Å². The molecule has 1 amide bonds. The highest BCUT2D eigenvalue weighted by Gasteiger charge is 2.18. The Kier molecular flexibility index (Phi) is 5.53. The van der Waals surface area contributed by atoms with Crippen molar-refractivity contribution in [3.8, 4) is 0 Å². The Morgan fingerprint density at radius 1 is 1.38 bits per heavy atom. The number of amides is 1. The number of allylic oxidation sites excluding steroid dienone is 1. The van der Waals surface area contributed by atoms with Crippen LogP contribution in [0.4, 0.5) is 5.69 Å². The average molecular weight is 288 g/mol. The number of piperidine rings is 1. The normalized spacial score (nSPS) is 17.8. The molecule has 1 aliphatic rings. The number of hydrogen-bond acceptors (Lipinski definition) is 3. The molecular formula is C17H24N2O2. The smallest absolute Gasteiger partial charge is 0.250 e. The van der Waals surface area contributed by atoms with E-state index < -0.39 is 0 Å². The van der Waals surface area contributed by atoms with Crippen molar-refractivity contribution in [1.82, 2.24) is 4.90 Å². The summed E-state index contributed by atoms with van der Waals surface area (Å²) in [5.41, 5.74) is 2.70. The molecule has 1 aromatic carbocycles. The van der Waals surface area contributed by atoms with Gasteiger partial charge in [0.15, 0.2) is 0 Å². The third-order valence-electron chi connectivity index (χ3n) is 4.01. The van der Waals surface area contributed by atoms with Crippen molar-refractivity contribution in [3.05, 3.63) is 41.5 Å². The zero-order valence-electron chi connectivity index (χ0n) is 12.8. The first-order valence-corrected chi connectivity index (χ1v) is 7.52. The van der Waals surface area contributed by atoms with Crippen molar-refractivity contribution in [2.75, 3.05) is 18.4 Å². The van der Waals surface area contributed by atoms with E-state index in [-0.39, 0.29) is 12.0 Å². The van der Waals surface area contributed by atoms with Crippen LogP contribution in [0.25, 0.3) is 0 Å². The zero-order valence-corrected chi connectivity index (χ0v) is 12.8. The van der Waals surface area contributed by atoms with Crippen LogP contribution in [-0.4, -0.2) is 35.1 Å². The Hall–Kier alpha value is -1.65. The van der Waals surface area contributed by atoms with E-state index in [1.807, 2.05) is 44.2 Å². The van der Waals surface area contributed by atoms with Crippen LogP contribution in [0, 0.1) is 0 Å². The Balaban J connectivity index is 2.05. The van der Waals surface area contributed by atoms with Gasteiger partial charge >= 0.3 is 0 Å². The van der Waals surface area contributed by atoms with Crippen molar-refractivity contribution in [2.24, 2.45) is 0 Å². The number of para-hydroxylation sites is 1. The van der Waals surface area contributed by atoms with E-state index in [1.165, 1.54) is 0 Å². The number of nitrogens with one attached hydrogen (secondary N) is 1. The summed E-state index contributed by atoms with van der Waals surface area (Å²) in [6.45, 7) is 6.27. The summed E-state index contributed by atoms with van der Waals surface area (Å²) >= 11 is 0. The van der Waals surface area contributed by atoms with Crippen molar-refractivity contribution >= 4 is 11.6 Å². The van der Waals surface area contributed by atoms with Crippen LogP contribution in [0.1, 0.15) is 32.3 Å². The average Bonchev–Trinajstić information content (AvgIpc) is 2.50. The van der Waals surface area contributed by atoms with Crippen LogP contribution in [0.2, 0.25) is 0 Å². The predicted octanol–water partition coefficient (Wildman–Crippen LogP) is 2.55. The van der Waals surface area contributed by atoms with Crippen molar-refractivity contribution in [3.63, 3.8) is 0 Å². The molecule has 0 atom stereocenters. The highest BCUT2D eigenvalue weighted by molar-refractivity contribution is 6.03. The second-order valence-corrected chi connectivity index (χ2v) is 5.59. The number of carbonyl (C=O) groups is 1. The van der Waals surface area contributed by atoms with Gasteiger partial charge in [0, 0.05) is 30.9 Å². The largest absolute Gasteiger partial charge is 0.393 e. The second-order valence-electron chi connectivity index (χ2n) is 5.59. The first kappa shape index (κ1) is 15.7. The number of aliphatic hydroxyl groups excluding tert-OH is 1. The number of anilines is 1. The van der Waals surface area contributed by atoms with Crippen LogP contribution in [0.15, 0.2) is 35.9 Å². The minimum atomic E-state index is -0.159. The van der Waals surface area contributed by atoms with Crippen molar-refractivity contribution < 1.29 is 9.90 Å². The molecular weight excluding hydrogens is 264 g/mol. The number of hydrogen-bond donors (Lipinski definition) is 2. The summed E-state index contributed by atoms with van der Waals surface area (Å²) in [5.74, 6) is -0.0565. The molecule has 0 saturated carbocycles. The fraction of sp³-hybridized carbons (Fsp3) is 0.471. The summed E-state index contributed by atoms with van der Waals surface area (Å²) in [6, 6.07) is 7.91. The molecule has 4 nitrogen and oxygen atoms in total. The van der Waals surface area contributed by atoms with Crippen LogP contribution in [0.3, 0.4) is 0 Å². The molecule has 2 rings (SSSR count). The quantitative estimate of drug-likeness (QED) is 0.837. The molecule has 114 valence electrons. The van der Waals surface area contributed by atoms with Gasteiger partial charge in [0.1, 0.15) is 0 Å². The summed E-state index contributed by atoms with van der Waals surface area (Å²) in [7, 11) is 0. The third-order valence-corrected chi connectivity index (χ3v) is 4.01. The molecule has 0 aliphatic carbocycles. The Bertz CT molecular complexity index is 517. The minimum Gasteiger partial charge on any atom is -0.393 e. The van der Waals surface area contributed by atoms with Gasteiger partial charge in [-0.25, -0.2) is 0 Å². The van der Waals surface area contributed by atoms with E-state index in [2.05, 4.69) is 10.2 Å². The molecule has 1 aliphatic heterocycles. The van der Waals surface area contributed by atoms with Gasteiger partial charge in [0.2, 0.25) is 0 Å². The molecule has 1 saturated heterocycles. The molecule has 0 bridgehead atoms. The molecule has 0 unspecified atom stereocenters. The molecule has 0 radical (unpaired) electrons. The Labute approximate surface area is 126 Å². The van der Waals surface area contributed by atoms with Gasteiger partial charge < -0.3 is 10.4 Å². The fourth-order valence-electron chi connectivity index (χ4n) is 2.45. The van der Waals surface area contributed by atoms with Gasteiger partial charge in [0.25, 0.3) is 5.91 Å². The summed E-state index contributed by atoms with van der Waals surface area (Å²) in [4.78, 5) is 14.3. The summed E-state index contributed by atoms with van der Waals surface area (Å²) in [5, 5.41) is 12.5. The lowest BCUT2D eigenvalue weighted by atomic mass is 10.1. The highest BCUT2D eigenvalue weighted by Crippen LogP contribution is 2.20. The summed E-state index contributed by atoms with van der Waals surface area (Å²) < 4.78 is 0. The van der Waals surface area contributed by atoms with Gasteiger partial charge in [-0.1, -0.05) is 24.3 Å². The lowest BCUT2D eigenvalue weighted by Gasteiger charge is -2.30. The maximum atomic E-state index is 12.0. The molecule has 1 heterocycles. The van der Waals surface area contributed by atoms with Crippen LogP contribution in [-0.2, 0) is 11.3 Å². The predicted molar refractivity (Wildman–Crippen MR) is 85.0 cm³/mol. The lowest BCUT2D eigenvalue weighted by Crippen LogP contribution is -2.35. The highest BCUT2D eigenvalue weighted by atomic mass is 16.3. The molecule has 2 N–H and O–H groups in total. The second kappa shape index (κ2) is 7.38. The molecule has 4 heteroatoms. The zero-order chi connectivity index (χ0) is 15.2. The van der Waals surface area contributed by atoms with E-state index in [0.29, 0.717) is 5.57 Å². The van der Waals surface area contributed by atoms with Gasteiger partial charge in [-0.05, 0) is 38.3 Å². The van der Waals surface area contributed by atoms with Crippen LogP contribution < -0.4 is 5.32 Å². The fourth-order valence-corrected chi connectivity index (χ4v) is 2.45. The van der Waals surface area contributed by atoms with Crippen LogP contribution >= 0.6 is 0 Å². The van der Waals surface area contributed by atoms with Gasteiger partial charge in [-0.2, -0.15) is 0 Å². The molecule has 0 spiro atoms. The van der Waals surface area contributed by atoms with Gasteiger partial charge in [0.05, 0.1) is 6.10 Å². The lowest BCUT2D eigenvalue weighted by molar-refractivity contribution is -0.112. The van der Waals surface area contributed by atoms with Gasteiger partial charge in [-0.15, -0.1) is 0 Å². The molecule has 1 fully saturated rings. The number of likely N-dealkylation sites (tertiary alicyclic amines) is 1. The standard InChI is InChI=1S/C17H24N2O2/c1-3-13(2)17(21)18-16-7-5-4-6-14(16)12-19-10-8-15(20)9-11-19/h3-7,15,20H,8-12H2,1-2H3,(H,18,21)/b13-3-. The van der Waals surface area contributed by atoms with Gasteiger partial charge in [-0.3, -0.25) is 9.69 Å². The van der Waals surface area contributed by atoms with E-state index >= 15 is 0 Å². The maximum Gasteiger partial charge on any atom is 0.250 e. The SMILES string of the molecule is C/C=C(/C)C(=O)Nc1ccccc1CN1CCC(O)CC1. The van der Waals surface area contributed by atoms with E-state index in [4.69, 9.17) is 0 Å². The number of aliphatic hydroxyl groups is 1. The minimum absolute atomic E-state index is 0.0565. The Morgan fingerprint density at radius 2 is 2.05 bits per heavy atom. The number of nitrogens with zero attached hydrogens (tertiary/aromatic N) is 1. The van der Waals surface area contributed by atoms with Crippen molar-refractivity contribution in [2.45, 2.75) is 39.3 Å². The first-order chi connectivity index (χ1) is 10.1. The number of carbonyl (C=O) groups excluding carboxylic acids is 1. The topological polar surface area (TPSA) is 52.6 Å². The van der Waals surface area contributed by atoms with E-state index in [1.54, 1.807) is 0 Å². The third kappa shape index (κ3) is 4.41. The molecule has 21 heavy (non-hydrogen) atoms. The maximum absolute atomic E-state index is 12.0. The number of benzene rings is 1. The first-order valence-electron chi connectivity index (χ1n) is 7.52. The molecule has 1 aromatic rings. The van der Waals surface area contributed by atoms with E-state index in [9.17, 15) is 9.90 Å². The monoisotopic (exact) mass is 288 g/mol.